The topological polar surface area (TPSA) is 70.5 Å². The Hall–Kier alpha value is -1.88. The van der Waals surface area contributed by atoms with E-state index in [1.165, 1.54) is 0 Å². The minimum atomic E-state index is 0.177. The summed E-state index contributed by atoms with van der Waals surface area (Å²) in [7, 11) is 0. The average Bonchev–Trinajstić information content (AvgIpc) is 2.96. The molecule has 1 aliphatic heterocycles. The van der Waals surface area contributed by atoms with E-state index in [0.29, 0.717) is 28.1 Å². The van der Waals surface area contributed by atoms with Gasteiger partial charge in [0, 0.05) is 17.2 Å². The molecule has 2 heterocycles. The van der Waals surface area contributed by atoms with Crippen molar-refractivity contribution in [3.05, 3.63) is 22.7 Å². The van der Waals surface area contributed by atoms with Gasteiger partial charge in [-0.25, -0.2) is 0 Å². The summed E-state index contributed by atoms with van der Waals surface area (Å²) >= 11 is 6.21. The minimum Gasteiger partial charge on any atom is -0.453 e. The molecule has 0 saturated carbocycles. The maximum atomic E-state index is 6.21. The van der Waals surface area contributed by atoms with Gasteiger partial charge in [-0.1, -0.05) is 30.6 Å². The van der Waals surface area contributed by atoms with Crippen molar-refractivity contribution in [3.63, 3.8) is 0 Å². The van der Waals surface area contributed by atoms with Crippen molar-refractivity contribution in [1.29, 1.82) is 0 Å². The average molecular weight is 281 g/mol. The summed E-state index contributed by atoms with van der Waals surface area (Å²) in [6, 6.07) is 3.46. The van der Waals surface area contributed by atoms with Gasteiger partial charge in [0.05, 0.1) is 5.02 Å². The largest absolute Gasteiger partial charge is 0.453 e. The predicted molar refractivity (Wildman–Crippen MR) is 71.6 cm³/mol. The summed E-state index contributed by atoms with van der Waals surface area (Å²) in [6.45, 7) is 4.31. The van der Waals surface area contributed by atoms with Crippen LogP contribution in [0.4, 0.5) is 5.82 Å². The Bertz CT molecular complexity index is 637. The molecule has 0 radical (unpaired) electrons. The summed E-state index contributed by atoms with van der Waals surface area (Å²) in [4.78, 5) is 0. The number of nitrogens with two attached hydrogens (primary N) is 1. The van der Waals surface area contributed by atoms with Gasteiger partial charge in [-0.3, -0.25) is 0 Å². The van der Waals surface area contributed by atoms with E-state index in [1.807, 2.05) is 0 Å². The van der Waals surface area contributed by atoms with Crippen LogP contribution in [0.2, 0.25) is 5.02 Å². The van der Waals surface area contributed by atoms with Gasteiger partial charge in [-0.2, -0.15) is 0 Å². The Balaban J connectivity index is 2.27. The van der Waals surface area contributed by atoms with Crippen LogP contribution < -0.4 is 15.2 Å². The molecule has 0 aliphatic carbocycles. The van der Waals surface area contributed by atoms with E-state index in [1.54, 1.807) is 12.1 Å². The van der Waals surface area contributed by atoms with E-state index in [2.05, 4.69) is 19.0 Å². The number of fused-ring (bicyclic) bond motifs is 1. The van der Waals surface area contributed by atoms with Crippen LogP contribution in [0.25, 0.3) is 11.3 Å². The summed E-state index contributed by atoms with van der Waals surface area (Å²) in [5.41, 5.74) is 7.41. The van der Waals surface area contributed by atoms with E-state index in [0.717, 1.165) is 11.1 Å². The van der Waals surface area contributed by atoms with Gasteiger partial charge < -0.3 is 19.7 Å². The summed E-state index contributed by atoms with van der Waals surface area (Å²) < 4.78 is 16.2. The third-order valence-corrected chi connectivity index (χ3v) is 3.29. The molecule has 0 spiro atoms. The molecular weight excluding hydrogens is 268 g/mol. The second kappa shape index (κ2) is 4.35. The molecule has 3 rings (SSSR count). The SMILES string of the molecule is CC(C)c1c(-c2cc(N)no2)cc(Cl)c2c1OCO2. The molecule has 0 amide bonds. The fourth-order valence-electron chi connectivity index (χ4n) is 2.24. The molecule has 1 aliphatic rings. The maximum absolute atomic E-state index is 6.21. The first-order chi connectivity index (χ1) is 9.08. The lowest BCUT2D eigenvalue weighted by atomic mass is 9.94. The van der Waals surface area contributed by atoms with Gasteiger partial charge in [0.15, 0.2) is 23.1 Å². The molecule has 19 heavy (non-hydrogen) atoms. The fraction of sp³-hybridized carbons (Fsp3) is 0.308. The van der Waals surface area contributed by atoms with E-state index >= 15 is 0 Å². The quantitative estimate of drug-likeness (QED) is 0.912. The molecule has 0 bridgehead atoms. The molecular formula is C13H13ClN2O3. The number of anilines is 1. The normalized spacial score (nSPS) is 13.3. The van der Waals surface area contributed by atoms with Crippen molar-refractivity contribution in [2.75, 3.05) is 12.5 Å². The summed E-state index contributed by atoms with van der Waals surface area (Å²) in [5.74, 6) is 2.38. The number of ether oxygens (including phenoxy) is 2. The Kier molecular flexibility index (Phi) is 2.78. The number of halogens is 1. The third-order valence-electron chi connectivity index (χ3n) is 3.01. The van der Waals surface area contributed by atoms with Crippen LogP contribution in [0.15, 0.2) is 16.7 Å². The van der Waals surface area contributed by atoms with Crippen molar-refractivity contribution < 1.29 is 14.0 Å². The molecule has 1 aromatic carbocycles. The Morgan fingerprint density at radius 2 is 2.00 bits per heavy atom. The zero-order chi connectivity index (χ0) is 13.6. The Morgan fingerprint density at radius 1 is 1.26 bits per heavy atom. The lowest BCUT2D eigenvalue weighted by Crippen LogP contribution is -1.97. The van der Waals surface area contributed by atoms with E-state index in [-0.39, 0.29) is 12.7 Å². The van der Waals surface area contributed by atoms with Crippen molar-refractivity contribution in [2.45, 2.75) is 19.8 Å². The van der Waals surface area contributed by atoms with E-state index < -0.39 is 0 Å². The number of nitrogen functional groups attached to an aromatic ring is 1. The summed E-state index contributed by atoms with van der Waals surface area (Å²) in [6.07, 6.45) is 0. The van der Waals surface area contributed by atoms with Gasteiger partial charge >= 0.3 is 0 Å². The predicted octanol–water partition coefficient (Wildman–Crippen LogP) is 3.43. The van der Waals surface area contributed by atoms with Gasteiger partial charge in [-0.05, 0) is 12.0 Å². The van der Waals surface area contributed by atoms with Gasteiger partial charge in [0.1, 0.15) is 0 Å². The monoisotopic (exact) mass is 280 g/mol. The highest BCUT2D eigenvalue weighted by molar-refractivity contribution is 6.32. The standard InChI is InChI=1S/C13H13ClN2O3/c1-6(2)11-7(9-4-10(15)16-19-9)3-8(14)12-13(11)18-5-17-12/h3-4,6H,5H2,1-2H3,(H2,15,16). The highest BCUT2D eigenvalue weighted by atomic mass is 35.5. The maximum Gasteiger partial charge on any atom is 0.231 e. The number of rotatable bonds is 2. The fourth-order valence-corrected chi connectivity index (χ4v) is 2.49. The number of aromatic nitrogens is 1. The smallest absolute Gasteiger partial charge is 0.231 e. The lowest BCUT2D eigenvalue weighted by molar-refractivity contribution is 0.173. The second-order valence-corrected chi connectivity index (χ2v) is 5.06. The zero-order valence-electron chi connectivity index (χ0n) is 10.6. The molecule has 1 aromatic heterocycles. The van der Waals surface area contributed by atoms with E-state index in [9.17, 15) is 0 Å². The van der Waals surface area contributed by atoms with Crippen LogP contribution in [0.5, 0.6) is 11.5 Å². The lowest BCUT2D eigenvalue weighted by Gasteiger charge is -2.14. The molecule has 6 heteroatoms. The van der Waals surface area contributed by atoms with Crippen molar-refractivity contribution in [2.24, 2.45) is 0 Å². The molecule has 5 nitrogen and oxygen atoms in total. The molecule has 0 fully saturated rings. The molecule has 2 N–H and O–H groups in total. The van der Waals surface area contributed by atoms with Crippen LogP contribution in [0, 0.1) is 0 Å². The zero-order valence-corrected chi connectivity index (χ0v) is 11.3. The first kappa shape index (κ1) is 12.2. The molecule has 2 aromatic rings. The highest BCUT2D eigenvalue weighted by Crippen LogP contribution is 2.49. The van der Waals surface area contributed by atoms with Crippen LogP contribution in [0.3, 0.4) is 0 Å². The number of hydrogen-bond acceptors (Lipinski definition) is 5. The molecule has 0 saturated heterocycles. The van der Waals surface area contributed by atoms with Crippen LogP contribution in [-0.4, -0.2) is 11.9 Å². The first-order valence-electron chi connectivity index (χ1n) is 5.92. The number of nitrogens with zero attached hydrogens (tertiary/aromatic N) is 1. The van der Waals surface area contributed by atoms with Crippen molar-refractivity contribution >= 4 is 17.4 Å². The van der Waals surface area contributed by atoms with Crippen LogP contribution >= 0.6 is 11.6 Å². The first-order valence-corrected chi connectivity index (χ1v) is 6.30. The van der Waals surface area contributed by atoms with Crippen molar-refractivity contribution in [1.82, 2.24) is 5.16 Å². The summed E-state index contributed by atoms with van der Waals surface area (Å²) in [5, 5.41) is 4.19. The van der Waals surface area contributed by atoms with Gasteiger partial charge in [-0.15, -0.1) is 0 Å². The van der Waals surface area contributed by atoms with Gasteiger partial charge in [0.25, 0.3) is 0 Å². The Labute approximate surface area is 115 Å². The molecule has 0 unspecified atom stereocenters. The molecule has 100 valence electrons. The molecule has 0 atom stereocenters. The number of hydrogen-bond donors (Lipinski definition) is 1. The van der Waals surface area contributed by atoms with Gasteiger partial charge in [0.2, 0.25) is 6.79 Å². The van der Waals surface area contributed by atoms with E-state index in [4.69, 9.17) is 31.3 Å². The second-order valence-electron chi connectivity index (χ2n) is 4.66. The third kappa shape index (κ3) is 1.90. The number of benzene rings is 1. The highest BCUT2D eigenvalue weighted by Gasteiger charge is 2.27. The van der Waals surface area contributed by atoms with Crippen molar-refractivity contribution in [3.8, 4) is 22.8 Å². The van der Waals surface area contributed by atoms with Crippen LogP contribution in [-0.2, 0) is 0 Å². The minimum absolute atomic E-state index is 0.177. The Morgan fingerprint density at radius 3 is 2.63 bits per heavy atom. The van der Waals surface area contributed by atoms with Crippen LogP contribution in [0.1, 0.15) is 25.3 Å².